The molecule has 3 unspecified atom stereocenters. The molecule has 2 amide bonds. The molecule has 18 heavy (non-hydrogen) atoms. The summed E-state index contributed by atoms with van der Waals surface area (Å²) in [5.74, 6) is -1.15. The minimum Gasteiger partial charge on any atom is -0.480 e. The number of urea groups is 1. The third kappa shape index (κ3) is 5.86. The monoisotopic (exact) mass is 260 g/mol. The van der Waals surface area contributed by atoms with E-state index in [0.717, 1.165) is 0 Å². The van der Waals surface area contributed by atoms with Crippen LogP contribution in [0.15, 0.2) is 0 Å². The molecule has 0 radical (unpaired) electrons. The molecule has 0 heterocycles. The Hall–Kier alpha value is -1.30. The van der Waals surface area contributed by atoms with Gasteiger partial charge in [0.25, 0.3) is 0 Å². The molecule has 3 N–H and O–H groups in total. The van der Waals surface area contributed by atoms with Crippen molar-refractivity contribution in [3.8, 4) is 0 Å². The highest BCUT2D eigenvalue weighted by Gasteiger charge is 2.26. The fraction of sp³-hybridized carbons (Fsp3) is 0.833. The van der Waals surface area contributed by atoms with E-state index in [0.29, 0.717) is 19.4 Å². The number of nitrogens with zero attached hydrogens (tertiary/aromatic N) is 1. The number of nitrogens with one attached hydrogen (secondary N) is 1. The Morgan fingerprint density at radius 1 is 1.33 bits per heavy atom. The number of carboxylic acids is 1. The van der Waals surface area contributed by atoms with Crippen molar-refractivity contribution in [1.29, 1.82) is 0 Å². The Bertz CT molecular complexity index is 281. The molecule has 0 spiro atoms. The topological polar surface area (TPSA) is 89.9 Å². The van der Waals surface area contributed by atoms with E-state index in [1.165, 1.54) is 4.90 Å². The summed E-state index contributed by atoms with van der Waals surface area (Å²) in [6, 6.07) is -1.31. The zero-order valence-corrected chi connectivity index (χ0v) is 11.5. The molecule has 0 aliphatic carbocycles. The van der Waals surface area contributed by atoms with Gasteiger partial charge in [-0.1, -0.05) is 20.3 Å². The lowest BCUT2D eigenvalue weighted by Gasteiger charge is -2.24. The SMILES string of the molecule is CCC(C)C(NC(=O)N(C)CCC(C)O)C(=O)O. The maximum Gasteiger partial charge on any atom is 0.326 e. The summed E-state index contributed by atoms with van der Waals surface area (Å²) in [5.41, 5.74) is 0. The molecule has 106 valence electrons. The number of carboxylic acid groups (broad SMARTS) is 1. The summed E-state index contributed by atoms with van der Waals surface area (Å²) in [6.45, 7) is 5.69. The van der Waals surface area contributed by atoms with Crippen LogP contribution in [0.25, 0.3) is 0 Å². The number of rotatable bonds is 7. The second kappa shape index (κ2) is 7.92. The zero-order chi connectivity index (χ0) is 14.3. The summed E-state index contributed by atoms with van der Waals surface area (Å²) in [7, 11) is 1.58. The molecule has 0 bridgehead atoms. The van der Waals surface area contributed by atoms with Crippen LogP contribution >= 0.6 is 0 Å². The molecule has 0 rings (SSSR count). The number of hydrogen-bond donors (Lipinski definition) is 3. The number of hydrogen-bond acceptors (Lipinski definition) is 3. The molecule has 0 aliphatic heterocycles. The maximum atomic E-state index is 11.8. The van der Waals surface area contributed by atoms with Gasteiger partial charge in [0.05, 0.1) is 6.10 Å². The summed E-state index contributed by atoms with van der Waals surface area (Å²) >= 11 is 0. The lowest BCUT2D eigenvalue weighted by Crippen LogP contribution is -2.49. The van der Waals surface area contributed by atoms with Crippen molar-refractivity contribution in [2.24, 2.45) is 5.92 Å². The van der Waals surface area contributed by atoms with Gasteiger partial charge in [-0.25, -0.2) is 9.59 Å². The average molecular weight is 260 g/mol. The molecule has 0 aliphatic rings. The van der Waals surface area contributed by atoms with Crippen molar-refractivity contribution in [2.75, 3.05) is 13.6 Å². The molecule has 6 heteroatoms. The van der Waals surface area contributed by atoms with Crippen molar-refractivity contribution in [2.45, 2.75) is 45.8 Å². The van der Waals surface area contributed by atoms with Crippen LogP contribution in [0.3, 0.4) is 0 Å². The summed E-state index contributed by atoms with van der Waals surface area (Å²) in [4.78, 5) is 24.2. The Balaban J connectivity index is 4.37. The van der Waals surface area contributed by atoms with Crippen LogP contribution in [0.4, 0.5) is 4.79 Å². The Morgan fingerprint density at radius 2 is 1.89 bits per heavy atom. The van der Waals surface area contributed by atoms with E-state index in [1.807, 2.05) is 6.92 Å². The quantitative estimate of drug-likeness (QED) is 0.634. The Kier molecular flexibility index (Phi) is 7.35. The van der Waals surface area contributed by atoms with Gasteiger partial charge >= 0.3 is 12.0 Å². The zero-order valence-electron chi connectivity index (χ0n) is 11.5. The minimum absolute atomic E-state index is 0.128. The van der Waals surface area contributed by atoms with Gasteiger partial charge in [0.15, 0.2) is 0 Å². The lowest BCUT2D eigenvalue weighted by molar-refractivity contribution is -0.140. The van der Waals surface area contributed by atoms with Gasteiger partial charge in [-0.05, 0) is 19.3 Å². The molecular weight excluding hydrogens is 236 g/mol. The second-order valence-electron chi connectivity index (χ2n) is 4.71. The van der Waals surface area contributed by atoms with E-state index < -0.39 is 24.1 Å². The van der Waals surface area contributed by atoms with Crippen molar-refractivity contribution >= 4 is 12.0 Å². The van der Waals surface area contributed by atoms with E-state index in [4.69, 9.17) is 10.2 Å². The molecular formula is C12H24N2O4. The third-order valence-electron chi connectivity index (χ3n) is 2.99. The van der Waals surface area contributed by atoms with E-state index in [1.54, 1.807) is 20.9 Å². The first-order valence-corrected chi connectivity index (χ1v) is 6.22. The fourth-order valence-electron chi connectivity index (χ4n) is 1.41. The molecule has 3 atom stereocenters. The fourth-order valence-corrected chi connectivity index (χ4v) is 1.41. The molecule has 0 saturated carbocycles. The lowest BCUT2D eigenvalue weighted by atomic mass is 9.99. The number of aliphatic hydroxyl groups excluding tert-OH is 1. The minimum atomic E-state index is -1.03. The molecule has 6 nitrogen and oxygen atoms in total. The van der Waals surface area contributed by atoms with Gasteiger partial charge in [-0.15, -0.1) is 0 Å². The Morgan fingerprint density at radius 3 is 2.28 bits per heavy atom. The van der Waals surface area contributed by atoms with E-state index in [9.17, 15) is 9.59 Å². The van der Waals surface area contributed by atoms with Crippen molar-refractivity contribution in [3.05, 3.63) is 0 Å². The van der Waals surface area contributed by atoms with Crippen LogP contribution in [0.2, 0.25) is 0 Å². The standard InChI is InChI=1S/C12H24N2O4/c1-5-8(2)10(11(16)17)13-12(18)14(4)7-6-9(3)15/h8-10,15H,5-7H2,1-4H3,(H,13,18)(H,16,17). The van der Waals surface area contributed by atoms with E-state index >= 15 is 0 Å². The Labute approximate surface area is 108 Å². The van der Waals surface area contributed by atoms with Crippen molar-refractivity contribution in [3.63, 3.8) is 0 Å². The van der Waals surface area contributed by atoms with Gasteiger partial charge in [0, 0.05) is 13.6 Å². The van der Waals surface area contributed by atoms with Crippen molar-refractivity contribution in [1.82, 2.24) is 10.2 Å². The normalized spacial score (nSPS) is 15.6. The third-order valence-corrected chi connectivity index (χ3v) is 2.99. The largest absolute Gasteiger partial charge is 0.480 e. The number of carbonyl (C=O) groups is 2. The molecule has 0 aromatic heterocycles. The van der Waals surface area contributed by atoms with Crippen LogP contribution in [-0.4, -0.2) is 52.9 Å². The number of aliphatic carboxylic acids is 1. The van der Waals surface area contributed by atoms with Gasteiger partial charge in [-0.2, -0.15) is 0 Å². The summed E-state index contributed by atoms with van der Waals surface area (Å²) in [6.07, 6.45) is 0.657. The van der Waals surface area contributed by atoms with Crippen LogP contribution in [0, 0.1) is 5.92 Å². The van der Waals surface area contributed by atoms with E-state index in [-0.39, 0.29) is 5.92 Å². The first-order chi connectivity index (χ1) is 8.29. The molecule has 0 aromatic rings. The van der Waals surface area contributed by atoms with Crippen LogP contribution < -0.4 is 5.32 Å². The van der Waals surface area contributed by atoms with E-state index in [2.05, 4.69) is 5.32 Å². The first-order valence-electron chi connectivity index (χ1n) is 6.22. The average Bonchev–Trinajstić information content (AvgIpc) is 2.30. The van der Waals surface area contributed by atoms with Gasteiger partial charge in [-0.3, -0.25) is 0 Å². The predicted molar refractivity (Wildman–Crippen MR) is 68.3 cm³/mol. The number of aliphatic hydroxyl groups is 1. The molecule has 0 aromatic carbocycles. The first kappa shape index (κ1) is 16.7. The van der Waals surface area contributed by atoms with Crippen LogP contribution in [0.5, 0.6) is 0 Å². The number of carbonyl (C=O) groups excluding carboxylic acids is 1. The predicted octanol–water partition coefficient (Wildman–Crippen LogP) is 0.898. The summed E-state index contributed by atoms with van der Waals surface area (Å²) < 4.78 is 0. The maximum absolute atomic E-state index is 11.8. The second-order valence-corrected chi connectivity index (χ2v) is 4.71. The molecule has 0 saturated heterocycles. The van der Waals surface area contributed by atoms with Gasteiger partial charge < -0.3 is 20.4 Å². The van der Waals surface area contributed by atoms with Crippen LogP contribution in [0.1, 0.15) is 33.6 Å². The molecule has 0 fully saturated rings. The summed E-state index contributed by atoms with van der Waals surface area (Å²) in [5, 5.41) is 20.7. The highest BCUT2D eigenvalue weighted by molar-refractivity contribution is 5.82. The van der Waals surface area contributed by atoms with Crippen LogP contribution in [-0.2, 0) is 4.79 Å². The smallest absolute Gasteiger partial charge is 0.326 e. The number of amides is 2. The van der Waals surface area contributed by atoms with Gasteiger partial charge in [0.2, 0.25) is 0 Å². The highest BCUT2D eigenvalue weighted by Crippen LogP contribution is 2.08. The van der Waals surface area contributed by atoms with Gasteiger partial charge in [0.1, 0.15) is 6.04 Å². The highest BCUT2D eigenvalue weighted by atomic mass is 16.4. The van der Waals surface area contributed by atoms with Crippen molar-refractivity contribution < 1.29 is 19.8 Å².